The first-order chi connectivity index (χ1) is 10.2. The molecule has 0 spiro atoms. The van der Waals surface area contributed by atoms with Crippen LogP contribution in [-0.4, -0.2) is 27.5 Å². The van der Waals surface area contributed by atoms with Gasteiger partial charge in [-0.1, -0.05) is 23.4 Å². The van der Waals surface area contributed by atoms with Gasteiger partial charge in [-0.25, -0.2) is 0 Å². The molecule has 3 rings (SSSR count). The minimum atomic E-state index is -0.298. The molecule has 0 aliphatic rings. The van der Waals surface area contributed by atoms with E-state index in [1.807, 2.05) is 12.1 Å². The SMILES string of the molecule is COc1ccccc1-c1noc(-c2cccc(O)c2O)n1. The second-order valence-electron chi connectivity index (χ2n) is 4.30. The van der Waals surface area contributed by atoms with Gasteiger partial charge in [0.05, 0.1) is 18.2 Å². The number of para-hydroxylation sites is 2. The van der Waals surface area contributed by atoms with Crippen molar-refractivity contribution in [2.24, 2.45) is 0 Å². The third kappa shape index (κ3) is 2.27. The highest BCUT2D eigenvalue weighted by molar-refractivity contribution is 5.70. The summed E-state index contributed by atoms with van der Waals surface area (Å²) in [6.45, 7) is 0. The first-order valence-electron chi connectivity index (χ1n) is 6.19. The molecule has 106 valence electrons. The minimum absolute atomic E-state index is 0.115. The number of ether oxygens (including phenoxy) is 1. The molecular weight excluding hydrogens is 272 g/mol. The number of hydrogen-bond acceptors (Lipinski definition) is 6. The lowest BCUT2D eigenvalue weighted by Gasteiger charge is -2.03. The van der Waals surface area contributed by atoms with Gasteiger partial charge in [0.1, 0.15) is 5.75 Å². The molecule has 1 heterocycles. The van der Waals surface area contributed by atoms with Gasteiger partial charge >= 0.3 is 0 Å². The molecule has 0 unspecified atom stereocenters. The van der Waals surface area contributed by atoms with Crippen molar-refractivity contribution in [3.63, 3.8) is 0 Å². The van der Waals surface area contributed by atoms with E-state index in [1.54, 1.807) is 31.4 Å². The Balaban J connectivity index is 2.06. The Morgan fingerprint density at radius 3 is 2.57 bits per heavy atom. The van der Waals surface area contributed by atoms with Gasteiger partial charge in [0, 0.05) is 0 Å². The van der Waals surface area contributed by atoms with Crippen LogP contribution in [0.5, 0.6) is 17.2 Å². The average Bonchev–Trinajstić information content (AvgIpc) is 2.99. The molecule has 0 saturated heterocycles. The number of nitrogens with zero attached hydrogens (tertiary/aromatic N) is 2. The lowest BCUT2D eigenvalue weighted by atomic mass is 10.1. The maximum Gasteiger partial charge on any atom is 0.262 e. The Labute approximate surface area is 120 Å². The molecule has 21 heavy (non-hydrogen) atoms. The van der Waals surface area contributed by atoms with Gasteiger partial charge in [0.15, 0.2) is 11.5 Å². The Morgan fingerprint density at radius 1 is 1.00 bits per heavy atom. The summed E-state index contributed by atoms with van der Waals surface area (Å²) in [5, 5.41) is 23.2. The monoisotopic (exact) mass is 284 g/mol. The third-order valence-corrected chi connectivity index (χ3v) is 3.02. The van der Waals surface area contributed by atoms with Crippen molar-refractivity contribution >= 4 is 0 Å². The molecular formula is C15H12N2O4. The molecule has 0 radical (unpaired) electrons. The fraction of sp³-hybridized carbons (Fsp3) is 0.0667. The topological polar surface area (TPSA) is 88.6 Å². The van der Waals surface area contributed by atoms with Gasteiger partial charge in [-0.15, -0.1) is 0 Å². The predicted molar refractivity (Wildman–Crippen MR) is 75.1 cm³/mol. The van der Waals surface area contributed by atoms with Crippen molar-refractivity contribution in [2.75, 3.05) is 7.11 Å². The van der Waals surface area contributed by atoms with E-state index < -0.39 is 0 Å². The van der Waals surface area contributed by atoms with Crippen LogP contribution in [0.1, 0.15) is 0 Å². The second kappa shape index (κ2) is 5.16. The summed E-state index contributed by atoms with van der Waals surface area (Å²) in [6.07, 6.45) is 0. The fourth-order valence-electron chi connectivity index (χ4n) is 1.98. The highest BCUT2D eigenvalue weighted by Crippen LogP contribution is 2.36. The molecule has 2 aromatic carbocycles. The van der Waals surface area contributed by atoms with E-state index >= 15 is 0 Å². The summed E-state index contributed by atoms with van der Waals surface area (Å²) in [5.74, 6) is 0.525. The van der Waals surface area contributed by atoms with Crippen LogP contribution in [-0.2, 0) is 0 Å². The van der Waals surface area contributed by atoms with Crippen LogP contribution < -0.4 is 4.74 Å². The van der Waals surface area contributed by atoms with Crippen LogP contribution in [0, 0.1) is 0 Å². The molecule has 0 amide bonds. The number of methoxy groups -OCH3 is 1. The number of benzene rings is 2. The summed E-state index contributed by atoms with van der Waals surface area (Å²) in [4.78, 5) is 4.23. The van der Waals surface area contributed by atoms with Crippen molar-refractivity contribution in [2.45, 2.75) is 0 Å². The smallest absolute Gasteiger partial charge is 0.262 e. The zero-order valence-corrected chi connectivity index (χ0v) is 11.1. The standard InChI is InChI=1S/C15H12N2O4/c1-20-12-8-3-2-5-9(12)14-16-15(21-17-14)10-6-4-7-11(18)13(10)19/h2-8,18-19H,1H3. The fourth-order valence-corrected chi connectivity index (χ4v) is 1.98. The summed E-state index contributed by atoms with van der Waals surface area (Å²) in [7, 11) is 1.56. The number of rotatable bonds is 3. The van der Waals surface area contributed by atoms with Crippen molar-refractivity contribution in [3.8, 4) is 40.1 Å². The highest BCUT2D eigenvalue weighted by atomic mass is 16.5. The van der Waals surface area contributed by atoms with E-state index in [4.69, 9.17) is 9.26 Å². The van der Waals surface area contributed by atoms with Crippen LogP contribution in [0.25, 0.3) is 22.8 Å². The normalized spacial score (nSPS) is 10.5. The van der Waals surface area contributed by atoms with Crippen molar-refractivity contribution < 1.29 is 19.5 Å². The maximum atomic E-state index is 9.83. The van der Waals surface area contributed by atoms with E-state index in [1.165, 1.54) is 6.07 Å². The molecule has 3 aromatic rings. The average molecular weight is 284 g/mol. The lowest BCUT2D eigenvalue weighted by molar-refractivity contribution is 0.397. The van der Waals surface area contributed by atoms with Gasteiger partial charge in [-0.2, -0.15) is 4.98 Å². The summed E-state index contributed by atoms with van der Waals surface area (Å²) in [6, 6.07) is 11.8. The molecule has 2 N–H and O–H groups in total. The van der Waals surface area contributed by atoms with E-state index in [0.29, 0.717) is 17.1 Å². The van der Waals surface area contributed by atoms with Crippen molar-refractivity contribution in [1.29, 1.82) is 0 Å². The molecule has 0 bridgehead atoms. The molecule has 0 fully saturated rings. The summed E-state index contributed by atoms with van der Waals surface area (Å²) >= 11 is 0. The van der Waals surface area contributed by atoms with E-state index in [9.17, 15) is 10.2 Å². The first-order valence-corrected chi connectivity index (χ1v) is 6.19. The van der Waals surface area contributed by atoms with Crippen molar-refractivity contribution in [1.82, 2.24) is 10.1 Å². The molecule has 0 aliphatic carbocycles. The van der Waals surface area contributed by atoms with Gasteiger partial charge in [0.2, 0.25) is 5.82 Å². The van der Waals surface area contributed by atoms with Gasteiger partial charge in [-0.3, -0.25) is 0 Å². The molecule has 0 saturated carbocycles. The first kappa shape index (κ1) is 13.0. The number of aromatic nitrogens is 2. The highest BCUT2D eigenvalue weighted by Gasteiger charge is 2.17. The zero-order chi connectivity index (χ0) is 14.8. The van der Waals surface area contributed by atoms with Crippen LogP contribution >= 0.6 is 0 Å². The second-order valence-corrected chi connectivity index (χ2v) is 4.30. The Hall–Kier alpha value is -3.02. The van der Waals surface area contributed by atoms with Gasteiger partial charge in [0.25, 0.3) is 5.89 Å². The quantitative estimate of drug-likeness (QED) is 0.719. The Kier molecular flexibility index (Phi) is 3.19. The molecule has 1 aromatic heterocycles. The number of phenols is 2. The van der Waals surface area contributed by atoms with Crippen LogP contribution in [0.15, 0.2) is 47.0 Å². The molecule has 0 aliphatic heterocycles. The predicted octanol–water partition coefficient (Wildman–Crippen LogP) is 2.82. The van der Waals surface area contributed by atoms with Gasteiger partial charge in [-0.05, 0) is 24.3 Å². The van der Waals surface area contributed by atoms with E-state index in [2.05, 4.69) is 10.1 Å². The van der Waals surface area contributed by atoms with E-state index in [0.717, 1.165) is 0 Å². The third-order valence-electron chi connectivity index (χ3n) is 3.02. The summed E-state index contributed by atoms with van der Waals surface area (Å²) in [5.41, 5.74) is 0.943. The zero-order valence-electron chi connectivity index (χ0n) is 11.1. The Morgan fingerprint density at radius 2 is 1.76 bits per heavy atom. The lowest BCUT2D eigenvalue weighted by Crippen LogP contribution is -1.88. The van der Waals surface area contributed by atoms with Gasteiger partial charge < -0.3 is 19.5 Å². The maximum absolute atomic E-state index is 9.83. The largest absolute Gasteiger partial charge is 0.504 e. The van der Waals surface area contributed by atoms with E-state index in [-0.39, 0.29) is 23.0 Å². The molecule has 6 nitrogen and oxygen atoms in total. The molecule has 6 heteroatoms. The van der Waals surface area contributed by atoms with Crippen LogP contribution in [0.3, 0.4) is 0 Å². The number of phenolic OH excluding ortho intramolecular Hbond substituents is 2. The van der Waals surface area contributed by atoms with Crippen LogP contribution in [0.4, 0.5) is 0 Å². The number of hydrogen-bond donors (Lipinski definition) is 2. The summed E-state index contributed by atoms with van der Waals surface area (Å²) < 4.78 is 10.4. The van der Waals surface area contributed by atoms with Crippen LogP contribution in [0.2, 0.25) is 0 Å². The Bertz CT molecular complexity index is 783. The minimum Gasteiger partial charge on any atom is -0.504 e. The molecule has 0 atom stereocenters. The number of aromatic hydroxyl groups is 2. The van der Waals surface area contributed by atoms with Crippen molar-refractivity contribution in [3.05, 3.63) is 42.5 Å².